The Hall–Kier alpha value is -1.40. The smallest absolute Gasteiger partial charge is 0.308 e. The molecule has 3 aliphatic rings. The monoisotopic (exact) mass is 295 g/mol. The number of carboxylic acid groups (broad SMARTS) is 1. The zero-order valence-electron chi connectivity index (χ0n) is 11.0. The molecule has 108 valence electrons. The van der Waals surface area contributed by atoms with Gasteiger partial charge in [-0.15, -0.1) is 0 Å². The minimum Gasteiger partial charge on any atom is -0.481 e. The highest BCUT2D eigenvalue weighted by atomic mass is 32.2. The lowest BCUT2D eigenvalue weighted by atomic mass is 9.74. The molecule has 1 saturated carbocycles. The van der Waals surface area contributed by atoms with E-state index in [-0.39, 0.29) is 10.8 Å². The van der Waals surface area contributed by atoms with Crippen molar-refractivity contribution in [2.45, 2.75) is 30.2 Å². The molecule has 0 aromatic heterocycles. The van der Waals surface area contributed by atoms with Crippen LogP contribution in [0.25, 0.3) is 0 Å². The summed E-state index contributed by atoms with van der Waals surface area (Å²) < 4.78 is 26.8. The Morgan fingerprint density at radius 2 is 1.90 bits per heavy atom. The summed E-state index contributed by atoms with van der Waals surface area (Å²) in [7, 11) is -3.59. The van der Waals surface area contributed by atoms with Gasteiger partial charge in [-0.2, -0.15) is 4.31 Å². The number of benzene rings is 1. The molecule has 2 heterocycles. The van der Waals surface area contributed by atoms with Gasteiger partial charge in [-0.05, 0) is 37.3 Å². The number of carbonyl (C=O) groups is 1. The van der Waals surface area contributed by atoms with Crippen molar-refractivity contribution in [2.24, 2.45) is 11.8 Å². The van der Waals surface area contributed by atoms with Crippen LogP contribution in [-0.2, 0) is 14.8 Å². The Balaban J connectivity index is 1.96. The summed E-state index contributed by atoms with van der Waals surface area (Å²) >= 11 is 0. The molecule has 1 aliphatic carbocycles. The molecule has 2 saturated heterocycles. The van der Waals surface area contributed by atoms with Crippen molar-refractivity contribution < 1.29 is 18.3 Å². The predicted octanol–water partition coefficient (Wildman–Crippen LogP) is 1.56. The van der Waals surface area contributed by atoms with Gasteiger partial charge in [0, 0.05) is 12.6 Å². The van der Waals surface area contributed by atoms with E-state index in [1.165, 1.54) is 4.31 Å². The number of piperidine rings is 2. The van der Waals surface area contributed by atoms with E-state index in [0.29, 0.717) is 19.4 Å². The normalized spacial score (nSPS) is 30.3. The van der Waals surface area contributed by atoms with Crippen LogP contribution in [0.5, 0.6) is 0 Å². The first-order chi connectivity index (χ1) is 9.50. The fourth-order valence-electron chi connectivity index (χ4n) is 3.41. The first-order valence-electron chi connectivity index (χ1n) is 6.80. The van der Waals surface area contributed by atoms with E-state index in [0.717, 1.165) is 6.42 Å². The van der Waals surface area contributed by atoms with E-state index < -0.39 is 28.0 Å². The standard InChI is InChI=1S/C14H17NO4S/c16-14(17)12-8-10-6-7-13(12)15(9-10)20(18,19)11-4-2-1-3-5-11/h1-5,10,12-13H,6-9H2,(H,16,17)/t10-,12-,13+/m1/s1. The first-order valence-corrected chi connectivity index (χ1v) is 8.24. The summed E-state index contributed by atoms with van der Waals surface area (Å²) in [4.78, 5) is 11.6. The Kier molecular flexibility index (Phi) is 3.30. The molecule has 3 fully saturated rings. The number of sulfonamides is 1. The number of rotatable bonds is 3. The maximum atomic E-state index is 12.7. The lowest BCUT2D eigenvalue weighted by Gasteiger charge is -2.47. The predicted molar refractivity (Wildman–Crippen MR) is 72.6 cm³/mol. The van der Waals surface area contributed by atoms with Crippen LogP contribution in [0, 0.1) is 11.8 Å². The average Bonchev–Trinajstić information content (AvgIpc) is 2.48. The van der Waals surface area contributed by atoms with Gasteiger partial charge in [0.1, 0.15) is 0 Å². The van der Waals surface area contributed by atoms with Crippen LogP contribution < -0.4 is 0 Å². The lowest BCUT2D eigenvalue weighted by Crippen LogP contribution is -2.56. The number of aliphatic carboxylic acids is 1. The highest BCUT2D eigenvalue weighted by Gasteiger charge is 2.48. The topological polar surface area (TPSA) is 74.7 Å². The zero-order valence-corrected chi connectivity index (χ0v) is 11.8. The molecule has 2 bridgehead atoms. The fourth-order valence-corrected chi connectivity index (χ4v) is 5.20. The van der Waals surface area contributed by atoms with Crippen molar-refractivity contribution in [1.29, 1.82) is 0 Å². The van der Waals surface area contributed by atoms with Crippen molar-refractivity contribution in [1.82, 2.24) is 4.31 Å². The molecule has 3 atom stereocenters. The van der Waals surface area contributed by atoms with Crippen molar-refractivity contribution in [3.05, 3.63) is 30.3 Å². The van der Waals surface area contributed by atoms with Crippen LogP contribution in [0.1, 0.15) is 19.3 Å². The fraction of sp³-hybridized carbons (Fsp3) is 0.500. The summed E-state index contributed by atoms with van der Waals surface area (Å²) in [6, 6.07) is 7.86. The molecule has 4 rings (SSSR count). The van der Waals surface area contributed by atoms with Gasteiger partial charge in [0.2, 0.25) is 10.0 Å². The van der Waals surface area contributed by atoms with E-state index >= 15 is 0 Å². The molecule has 1 aromatic carbocycles. The summed E-state index contributed by atoms with van der Waals surface area (Å²) in [5.74, 6) is -1.28. The number of fused-ring (bicyclic) bond motifs is 3. The van der Waals surface area contributed by atoms with Crippen molar-refractivity contribution >= 4 is 16.0 Å². The van der Waals surface area contributed by atoms with Crippen molar-refractivity contribution in [2.75, 3.05) is 6.54 Å². The first kappa shape index (κ1) is 13.6. The van der Waals surface area contributed by atoms with E-state index in [2.05, 4.69) is 0 Å². The molecule has 20 heavy (non-hydrogen) atoms. The van der Waals surface area contributed by atoms with E-state index in [4.69, 9.17) is 0 Å². The molecule has 1 aromatic rings. The van der Waals surface area contributed by atoms with Crippen LogP contribution >= 0.6 is 0 Å². The molecule has 0 radical (unpaired) electrons. The van der Waals surface area contributed by atoms with Gasteiger partial charge in [0.05, 0.1) is 10.8 Å². The van der Waals surface area contributed by atoms with Crippen LogP contribution in [0.3, 0.4) is 0 Å². The zero-order chi connectivity index (χ0) is 14.3. The third-order valence-corrected chi connectivity index (χ3v) is 6.30. The quantitative estimate of drug-likeness (QED) is 0.918. The van der Waals surface area contributed by atoms with Crippen LogP contribution in [0.4, 0.5) is 0 Å². The SMILES string of the molecule is O=C(O)[C@@H]1C[C@H]2CC[C@@H]1N(S(=O)(=O)c1ccccc1)C2. The van der Waals surface area contributed by atoms with Gasteiger partial charge in [-0.25, -0.2) is 8.42 Å². The van der Waals surface area contributed by atoms with Gasteiger partial charge in [0.25, 0.3) is 0 Å². The third-order valence-electron chi connectivity index (χ3n) is 4.40. The summed E-state index contributed by atoms with van der Waals surface area (Å²) in [5.41, 5.74) is 0. The Morgan fingerprint density at radius 1 is 1.20 bits per heavy atom. The van der Waals surface area contributed by atoms with Crippen molar-refractivity contribution in [3.63, 3.8) is 0 Å². The van der Waals surface area contributed by atoms with Crippen LogP contribution in [-0.4, -0.2) is 36.4 Å². The van der Waals surface area contributed by atoms with Gasteiger partial charge in [0.15, 0.2) is 0 Å². The third kappa shape index (κ3) is 2.13. The second-order valence-corrected chi connectivity index (χ2v) is 7.47. The van der Waals surface area contributed by atoms with Gasteiger partial charge < -0.3 is 5.11 Å². The molecule has 0 unspecified atom stereocenters. The molecule has 6 heteroatoms. The molecular weight excluding hydrogens is 278 g/mol. The van der Waals surface area contributed by atoms with Gasteiger partial charge >= 0.3 is 5.97 Å². The maximum absolute atomic E-state index is 12.7. The van der Waals surface area contributed by atoms with Crippen LogP contribution in [0.2, 0.25) is 0 Å². The number of nitrogens with zero attached hydrogens (tertiary/aromatic N) is 1. The molecule has 5 nitrogen and oxygen atoms in total. The van der Waals surface area contributed by atoms with E-state index in [9.17, 15) is 18.3 Å². The highest BCUT2D eigenvalue weighted by Crippen LogP contribution is 2.41. The molecule has 0 amide bonds. The second-order valence-electron chi connectivity index (χ2n) is 5.58. The Bertz CT molecular complexity index is 613. The van der Waals surface area contributed by atoms with E-state index in [1.807, 2.05) is 0 Å². The largest absolute Gasteiger partial charge is 0.481 e. The Morgan fingerprint density at radius 3 is 2.50 bits per heavy atom. The minimum absolute atomic E-state index is 0.166. The molecule has 2 aliphatic heterocycles. The average molecular weight is 295 g/mol. The molecule has 1 N–H and O–H groups in total. The van der Waals surface area contributed by atoms with Gasteiger partial charge in [-0.3, -0.25) is 4.79 Å². The molecular formula is C14H17NO4S. The summed E-state index contributed by atoms with van der Waals surface area (Å²) in [6.45, 7) is 0.450. The summed E-state index contributed by atoms with van der Waals surface area (Å²) in [6.07, 6.45) is 2.17. The van der Waals surface area contributed by atoms with Gasteiger partial charge in [-0.1, -0.05) is 18.2 Å². The Labute approximate surface area is 118 Å². The minimum atomic E-state index is -3.59. The van der Waals surface area contributed by atoms with Crippen LogP contribution in [0.15, 0.2) is 35.2 Å². The lowest BCUT2D eigenvalue weighted by molar-refractivity contribution is -0.147. The number of carboxylic acids is 1. The highest BCUT2D eigenvalue weighted by molar-refractivity contribution is 7.89. The number of hydrogen-bond donors (Lipinski definition) is 1. The summed E-state index contributed by atoms with van der Waals surface area (Å²) in [5, 5.41) is 9.29. The molecule has 0 spiro atoms. The van der Waals surface area contributed by atoms with Crippen molar-refractivity contribution in [3.8, 4) is 0 Å². The second kappa shape index (κ2) is 4.86. The van der Waals surface area contributed by atoms with E-state index in [1.54, 1.807) is 30.3 Å². The maximum Gasteiger partial charge on any atom is 0.308 e. The number of hydrogen-bond acceptors (Lipinski definition) is 3.